The Balaban J connectivity index is 0.995. The number of carbonyl (C=O) groups excluding carboxylic acids is 3. The highest BCUT2D eigenvalue weighted by molar-refractivity contribution is 7.88. The number of rotatable bonds is 6. The molecule has 1 aromatic heterocycles. The van der Waals surface area contributed by atoms with Crippen LogP contribution >= 0.6 is 0 Å². The molecule has 1 unspecified atom stereocenters. The lowest BCUT2D eigenvalue weighted by molar-refractivity contribution is -0.135. The van der Waals surface area contributed by atoms with Gasteiger partial charge in [-0.05, 0) is 81.8 Å². The number of fused-ring (bicyclic) bond motifs is 1. The number of aryl methyl sites for hydroxylation is 1. The molecule has 0 radical (unpaired) electrons. The number of nitrogens with zero attached hydrogens (tertiary/aromatic N) is 5. The Morgan fingerprint density at radius 2 is 1.76 bits per heavy atom. The first-order valence-electron chi connectivity index (χ1n) is 17.2. The zero-order chi connectivity index (χ0) is 34.7. The first-order chi connectivity index (χ1) is 23.3. The maximum absolute atomic E-state index is 13.3. The normalized spacial score (nSPS) is 22.6. The Hall–Kier alpha value is -4.17. The molecule has 4 fully saturated rings. The van der Waals surface area contributed by atoms with Crippen LogP contribution in [0.5, 0.6) is 0 Å². The van der Waals surface area contributed by atoms with Gasteiger partial charge in [0.15, 0.2) is 0 Å². The number of hydrogen-bond donors (Lipinski definition) is 2. The molecule has 2 N–H and O–H groups in total. The summed E-state index contributed by atoms with van der Waals surface area (Å²) in [6.07, 6.45) is 5.18. The first-order valence-corrected chi connectivity index (χ1v) is 18.8. The van der Waals surface area contributed by atoms with Crippen molar-refractivity contribution in [1.82, 2.24) is 23.7 Å². The highest BCUT2D eigenvalue weighted by Crippen LogP contribution is 2.41. The highest BCUT2D eigenvalue weighted by atomic mass is 32.2. The van der Waals surface area contributed by atoms with Gasteiger partial charge in [0.05, 0.1) is 16.8 Å². The molecule has 0 saturated carbocycles. The van der Waals surface area contributed by atoms with Gasteiger partial charge in [-0.25, -0.2) is 18.0 Å². The van der Waals surface area contributed by atoms with Crippen molar-refractivity contribution < 1.29 is 22.8 Å². The van der Waals surface area contributed by atoms with Gasteiger partial charge in [0, 0.05) is 68.5 Å². The van der Waals surface area contributed by atoms with Crippen LogP contribution in [0, 0.1) is 5.41 Å². The molecule has 1 spiro atoms. The number of urea groups is 1. The summed E-state index contributed by atoms with van der Waals surface area (Å²) in [5, 5.41) is 5.33. The number of amides is 4. The predicted octanol–water partition coefficient (Wildman–Crippen LogP) is 3.55. The standard InChI is InChI=1S/C35H45N7O6S/c1-34(2)14-4-5-17-41(34)49(47,48)20-24-8-6-9-25(18-24)36-32(45)40-22-35(23-40)15-7-16-39(21-35)26-10-11-27-29(19-26)38(3)33(46)42(27)28-12-13-30(43)37-31(28)44/h6,8-11,18-19,28H,4-5,7,12-17,20-23H2,1-3H3,(H,36,45)(H,37,43,44). The summed E-state index contributed by atoms with van der Waals surface area (Å²) in [4.78, 5) is 54.9. The minimum Gasteiger partial charge on any atom is -0.371 e. The van der Waals surface area contributed by atoms with Crippen LogP contribution < -0.4 is 21.2 Å². The molecule has 4 aliphatic rings. The zero-order valence-corrected chi connectivity index (χ0v) is 29.2. The van der Waals surface area contributed by atoms with E-state index in [-0.39, 0.29) is 41.6 Å². The monoisotopic (exact) mass is 691 g/mol. The number of likely N-dealkylation sites (tertiary alicyclic amines) is 1. The predicted molar refractivity (Wildman–Crippen MR) is 187 cm³/mol. The van der Waals surface area contributed by atoms with E-state index in [0.29, 0.717) is 36.4 Å². The number of nitrogens with one attached hydrogen (secondary N) is 2. The molecule has 14 heteroatoms. The number of piperidine rings is 3. The summed E-state index contributed by atoms with van der Waals surface area (Å²) >= 11 is 0. The van der Waals surface area contributed by atoms with Gasteiger partial charge in [-0.3, -0.25) is 24.0 Å². The third-order valence-corrected chi connectivity index (χ3v) is 12.9. The van der Waals surface area contributed by atoms with Crippen LogP contribution in [0.4, 0.5) is 16.2 Å². The Morgan fingerprint density at radius 3 is 2.51 bits per heavy atom. The molecule has 5 heterocycles. The van der Waals surface area contributed by atoms with Crippen molar-refractivity contribution in [2.24, 2.45) is 12.5 Å². The minimum atomic E-state index is -3.51. The van der Waals surface area contributed by atoms with E-state index in [9.17, 15) is 27.6 Å². The molecule has 0 aliphatic carbocycles. The SMILES string of the molecule is Cn1c(=O)n(C2CCC(=O)NC2=O)c2ccc(N3CCCC4(CN(C(=O)Nc5cccc(CS(=O)(=O)N6CCCCC6(C)C)c5)C4)C3)cc21. The van der Waals surface area contributed by atoms with E-state index in [2.05, 4.69) is 15.5 Å². The number of aromatic nitrogens is 2. The molecule has 3 aromatic rings. The molecular weight excluding hydrogens is 646 g/mol. The molecule has 262 valence electrons. The van der Waals surface area contributed by atoms with Crippen LogP contribution in [0.2, 0.25) is 0 Å². The van der Waals surface area contributed by atoms with E-state index in [1.54, 1.807) is 45.1 Å². The van der Waals surface area contributed by atoms with E-state index in [1.807, 2.05) is 32.0 Å². The lowest BCUT2D eigenvalue weighted by Crippen LogP contribution is -2.65. The van der Waals surface area contributed by atoms with E-state index in [1.165, 1.54) is 4.57 Å². The molecule has 7 rings (SSSR count). The van der Waals surface area contributed by atoms with Gasteiger partial charge >= 0.3 is 11.7 Å². The lowest BCUT2D eigenvalue weighted by Gasteiger charge is -2.54. The Labute approximate surface area is 286 Å². The number of hydrogen-bond acceptors (Lipinski definition) is 7. The van der Waals surface area contributed by atoms with E-state index in [0.717, 1.165) is 56.4 Å². The summed E-state index contributed by atoms with van der Waals surface area (Å²) in [7, 11) is -1.82. The van der Waals surface area contributed by atoms with E-state index < -0.39 is 27.5 Å². The second-order valence-electron chi connectivity index (χ2n) is 15.0. The number of anilines is 2. The number of carbonyl (C=O) groups is 3. The van der Waals surface area contributed by atoms with Crippen molar-refractivity contribution in [3.63, 3.8) is 0 Å². The Morgan fingerprint density at radius 1 is 0.959 bits per heavy atom. The summed E-state index contributed by atoms with van der Waals surface area (Å²) in [5.41, 5.74) is 2.82. The van der Waals surface area contributed by atoms with Gasteiger partial charge in [-0.1, -0.05) is 18.6 Å². The van der Waals surface area contributed by atoms with Crippen LogP contribution in [0.25, 0.3) is 11.0 Å². The van der Waals surface area contributed by atoms with Crippen molar-refractivity contribution >= 4 is 50.3 Å². The molecule has 4 aliphatic heterocycles. The first kappa shape index (κ1) is 33.3. The van der Waals surface area contributed by atoms with Crippen LogP contribution in [-0.2, 0) is 32.4 Å². The number of imidazole rings is 1. The fourth-order valence-corrected chi connectivity index (χ4v) is 10.4. The third-order valence-electron chi connectivity index (χ3n) is 10.9. The average molecular weight is 692 g/mol. The summed E-state index contributed by atoms with van der Waals surface area (Å²) < 4.78 is 31.4. The van der Waals surface area contributed by atoms with Gasteiger partial charge in [0.2, 0.25) is 21.8 Å². The molecular formula is C35H45N7O6S. The van der Waals surface area contributed by atoms with Crippen molar-refractivity contribution in [1.29, 1.82) is 0 Å². The number of imide groups is 1. The van der Waals surface area contributed by atoms with E-state index in [4.69, 9.17) is 0 Å². The second-order valence-corrected chi connectivity index (χ2v) is 16.9. The summed E-state index contributed by atoms with van der Waals surface area (Å²) in [6, 6.07) is 12.0. The fraction of sp³-hybridized carbons (Fsp3) is 0.543. The van der Waals surface area contributed by atoms with Gasteiger partial charge in [-0.2, -0.15) is 4.31 Å². The largest absolute Gasteiger partial charge is 0.371 e. The maximum atomic E-state index is 13.3. The summed E-state index contributed by atoms with van der Waals surface area (Å²) in [6.45, 7) is 7.34. The Bertz CT molecular complexity index is 1990. The number of sulfonamides is 1. The van der Waals surface area contributed by atoms with Crippen LogP contribution in [-0.4, -0.2) is 82.9 Å². The smallest absolute Gasteiger partial charge is 0.329 e. The zero-order valence-electron chi connectivity index (χ0n) is 28.4. The molecule has 0 bridgehead atoms. The summed E-state index contributed by atoms with van der Waals surface area (Å²) in [5.74, 6) is -0.883. The molecule has 2 aromatic carbocycles. The van der Waals surface area contributed by atoms with Gasteiger partial charge in [0.1, 0.15) is 6.04 Å². The highest BCUT2D eigenvalue weighted by Gasteiger charge is 2.48. The maximum Gasteiger partial charge on any atom is 0.329 e. The second kappa shape index (κ2) is 12.3. The molecule has 4 amide bonds. The van der Waals surface area contributed by atoms with Gasteiger partial charge < -0.3 is 15.1 Å². The van der Waals surface area contributed by atoms with Crippen molar-refractivity contribution in [3.8, 4) is 0 Å². The molecule has 49 heavy (non-hydrogen) atoms. The van der Waals surface area contributed by atoms with Gasteiger partial charge in [-0.15, -0.1) is 0 Å². The van der Waals surface area contributed by atoms with Crippen molar-refractivity contribution in [2.75, 3.05) is 42.9 Å². The third kappa shape index (κ3) is 6.24. The topological polar surface area (TPSA) is 146 Å². The molecule has 13 nitrogen and oxygen atoms in total. The number of benzene rings is 2. The average Bonchev–Trinajstić information content (AvgIpc) is 3.28. The van der Waals surface area contributed by atoms with Crippen LogP contribution in [0.15, 0.2) is 47.3 Å². The van der Waals surface area contributed by atoms with Crippen molar-refractivity contribution in [3.05, 3.63) is 58.5 Å². The quantitative estimate of drug-likeness (QED) is 0.376. The lowest BCUT2D eigenvalue weighted by atomic mass is 9.73. The van der Waals surface area contributed by atoms with Gasteiger partial charge in [0.25, 0.3) is 0 Å². The van der Waals surface area contributed by atoms with E-state index >= 15 is 0 Å². The van der Waals surface area contributed by atoms with Crippen LogP contribution in [0.3, 0.4) is 0 Å². The molecule has 1 atom stereocenters. The van der Waals surface area contributed by atoms with Crippen molar-refractivity contribution in [2.45, 2.75) is 76.1 Å². The minimum absolute atomic E-state index is 0.0493. The Kier molecular flexibility index (Phi) is 8.37. The van der Waals surface area contributed by atoms with Crippen LogP contribution in [0.1, 0.15) is 70.4 Å². The fourth-order valence-electron chi connectivity index (χ4n) is 8.36. The molecule has 4 saturated heterocycles.